The predicted molar refractivity (Wildman–Crippen MR) is 72.3 cm³/mol. The smallest absolute Gasteiger partial charge is 0.0782 e. The van der Waals surface area contributed by atoms with Gasteiger partial charge in [-0.3, -0.25) is 9.67 Å². The van der Waals surface area contributed by atoms with Crippen LogP contribution in [0, 0.1) is 0 Å². The molecule has 96 valence electrons. The summed E-state index contributed by atoms with van der Waals surface area (Å²) in [6.45, 7) is 6.12. The molecule has 0 spiro atoms. The summed E-state index contributed by atoms with van der Waals surface area (Å²) >= 11 is 0. The maximum Gasteiger partial charge on any atom is 0.0782 e. The highest BCUT2D eigenvalue weighted by atomic mass is 15.3. The van der Waals surface area contributed by atoms with E-state index >= 15 is 0 Å². The maximum atomic E-state index is 4.44. The van der Waals surface area contributed by atoms with Crippen LogP contribution >= 0.6 is 0 Å². The SMILES string of the molecule is CCCNC(c1cnn(CC)c1)c1ccccn1. The molecule has 1 unspecified atom stereocenters. The third kappa shape index (κ3) is 2.96. The van der Waals surface area contributed by atoms with Crippen molar-refractivity contribution in [2.75, 3.05) is 6.54 Å². The highest BCUT2D eigenvalue weighted by Crippen LogP contribution is 2.19. The first-order chi connectivity index (χ1) is 8.85. The van der Waals surface area contributed by atoms with Crippen molar-refractivity contribution in [3.05, 3.63) is 48.0 Å². The lowest BCUT2D eigenvalue weighted by Crippen LogP contribution is -2.23. The molecule has 0 fully saturated rings. The fourth-order valence-electron chi connectivity index (χ4n) is 1.93. The van der Waals surface area contributed by atoms with Gasteiger partial charge < -0.3 is 5.32 Å². The van der Waals surface area contributed by atoms with E-state index in [1.165, 1.54) is 5.56 Å². The number of hydrogen-bond donors (Lipinski definition) is 1. The zero-order valence-electron chi connectivity index (χ0n) is 11.0. The minimum atomic E-state index is 0.131. The quantitative estimate of drug-likeness (QED) is 0.848. The summed E-state index contributed by atoms with van der Waals surface area (Å²) in [7, 11) is 0. The van der Waals surface area contributed by atoms with Crippen LogP contribution in [0.1, 0.15) is 37.6 Å². The fraction of sp³-hybridized carbons (Fsp3) is 0.429. The van der Waals surface area contributed by atoms with E-state index in [4.69, 9.17) is 0 Å². The Labute approximate surface area is 108 Å². The minimum absolute atomic E-state index is 0.131. The molecule has 2 heterocycles. The van der Waals surface area contributed by atoms with E-state index in [0.29, 0.717) is 0 Å². The van der Waals surface area contributed by atoms with Crippen molar-refractivity contribution in [3.8, 4) is 0 Å². The van der Waals surface area contributed by atoms with Gasteiger partial charge in [0.2, 0.25) is 0 Å². The molecule has 18 heavy (non-hydrogen) atoms. The highest BCUT2D eigenvalue weighted by molar-refractivity contribution is 5.23. The molecule has 0 aromatic carbocycles. The first kappa shape index (κ1) is 12.8. The van der Waals surface area contributed by atoms with Gasteiger partial charge in [-0.15, -0.1) is 0 Å². The Morgan fingerprint density at radius 1 is 1.33 bits per heavy atom. The van der Waals surface area contributed by atoms with Gasteiger partial charge in [-0.25, -0.2) is 0 Å². The average molecular weight is 244 g/mol. The van der Waals surface area contributed by atoms with Crippen LogP contribution < -0.4 is 5.32 Å². The van der Waals surface area contributed by atoms with Crippen molar-refractivity contribution in [2.24, 2.45) is 0 Å². The zero-order chi connectivity index (χ0) is 12.8. The number of aryl methyl sites for hydroxylation is 1. The molecular weight excluding hydrogens is 224 g/mol. The van der Waals surface area contributed by atoms with Gasteiger partial charge in [0.1, 0.15) is 0 Å². The highest BCUT2D eigenvalue weighted by Gasteiger charge is 2.15. The second kappa shape index (κ2) is 6.31. The van der Waals surface area contributed by atoms with Crippen LogP contribution in [0.4, 0.5) is 0 Å². The van der Waals surface area contributed by atoms with Crippen LogP contribution in [0.2, 0.25) is 0 Å². The largest absolute Gasteiger partial charge is 0.305 e. The molecule has 2 rings (SSSR count). The first-order valence-corrected chi connectivity index (χ1v) is 6.51. The van der Waals surface area contributed by atoms with Crippen LogP contribution in [-0.4, -0.2) is 21.3 Å². The van der Waals surface area contributed by atoms with Gasteiger partial charge in [0.25, 0.3) is 0 Å². The second-order valence-electron chi connectivity index (χ2n) is 4.27. The average Bonchev–Trinajstić information content (AvgIpc) is 2.89. The van der Waals surface area contributed by atoms with E-state index in [0.717, 1.165) is 25.2 Å². The summed E-state index contributed by atoms with van der Waals surface area (Å²) in [4.78, 5) is 4.44. The van der Waals surface area contributed by atoms with Gasteiger partial charge in [-0.2, -0.15) is 5.10 Å². The molecule has 0 bridgehead atoms. The molecule has 0 saturated carbocycles. The van der Waals surface area contributed by atoms with Gasteiger partial charge in [0, 0.05) is 24.5 Å². The normalized spacial score (nSPS) is 12.6. The standard InChI is InChI=1S/C14H20N4/c1-3-8-16-14(13-7-5-6-9-15-13)12-10-17-18(4-2)11-12/h5-7,9-11,14,16H,3-4,8H2,1-2H3. The van der Waals surface area contributed by atoms with E-state index in [2.05, 4.69) is 41.5 Å². The summed E-state index contributed by atoms with van der Waals surface area (Å²) in [6.07, 6.45) is 6.94. The van der Waals surface area contributed by atoms with E-state index < -0.39 is 0 Å². The Bertz CT molecular complexity index is 464. The summed E-state index contributed by atoms with van der Waals surface area (Å²) in [5.41, 5.74) is 2.21. The molecule has 0 aliphatic rings. The molecular formula is C14H20N4. The van der Waals surface area contributed by atoms with E-state index in [1.807, 2.05) is 29.2 Å². The second-order valence-corrected chi connectivity index (χ2v) is 4.27. The van der Waals surface area contributed by atoms with Gasteiger partial charge >= 0.3 is 0 Å². The van der Waals surface area contributed by atoms with Gasteiger partial charge in [-0.1, -0.05) is 13.0 Å². The van der Waals surface area contributed by atoms with E-state index in [-0.39, 0.29) is 6.04 Å². The molecule has 0 aliphatic carbocycles. The number of nitrogens with zero attached hydrogens (tertiary/aromatic N) is 3. The van der Waals surface area contributed by atoms with Crippen LogP contribution in [0.5, 0.6) is 0 Å². The lowest BCUT2D eigenvalue weighted by atomic mass is 10.1. The lowest BCUT2D eigenvalue weighted by molar-refractivity contribution is 0.584. The Morgan fingerprint density at radius 3 is 2.83 bits per heavy atom. The topological polar surface area (TPSA) is 42.7 Å². The number of aromatic nitrogens is 3. The van der Waals surface area contributed by atoms with Crippen molar-refractivity contribution in [1.29, 1.82) is 0 Å². The predicted octanol–water partition coefficient (Wildman–Crippen LogP) is 2.39. The number of hydrogen-bond acceptors (Lipinski definition) is 3. The molecule has 4 heteroatoms. The summed E-state index contributed by atoms with van der Waals surface area (Å²) < 4.78 is 1.94. The van der Waals surface area contributed by atoms with Crippen LogP contribution in [0.25, 0.3) is 0 Å². The maximum absolute atomic E-state index is 4.44. The minimum Gasteiger partial charge on any atom is -0.305 e. The Kier molecular flexibility index (Phi) is 4.47. The number of pyridine rings is 1. The molecule has 2 aromatic rings. The lowest BCUT2D eigenvalue weighted by Gasteiger charge is -2.16. The Hall–Kier alpha value is -1.68. The van der Waals surface area contributed by atoms with Crippen molar-refractivity contribution >= 4 is 0 Å². The molecule has 1 N–H and O–H groups in total. The van der Waals surface area contributed by atoms with Crippen LogP contribution in [0.3, 0.4) is 0 Å². The van der Waals surface area contributed by atoms with E-state index in [9.17, 15) is 0 Å². The number of nitrogens with one attached hydrogen (secondary N) is 1. The Morgan fingerprint density at radius 2 is 2.22 bits per heavy atom. The van der Waals surface area contributed by atoms with Gasteiger partial charge in [0.15, 0.2) is 0 Å². The van der Waals surface area contributed by atoms with Crippen molar-refractivity contribution in [3.63, 3.8) is 0 Å². The number of rotatable bonds is 6. The monoisotopic (exact) mass is 244 g/mol. The van der Waals surface area contributed by atoms with Crippen LogP contribution in [0.15, 0.2) is 36.8 Å². The summed E-state index contributed by atoms with van der Waals surface area (Å²) in [6, 6.07) is 6.14. The molecule has 0 saturated heterocycles. The molecule has 0 aliphatic heterocycles. The summed E-state index contributed by atoms with van der Waals surface area (Å²) in [5.74, 6) is 0. The molecule has 1 atom stereocenters. The van der Waals surface area contributed by atoms with Crippen LogP contribution in [-0.2, 0) is 6.54 Å². The fourth-order valence-corrected chi connectivity index (χ4v) is 1.93. The van der Waals surface area contributed by atoms with E-state index in [1.54, 1.807) is 0 Å². The van der Waals surface area contributed by atoms with Crippen molar-refractivity contribution in [1.82, 2.24) is 20.1 Å². The van der Waals surface area contributed by atoms with Gasteiger partial charge in [0.05, 0.1) is 17.9 Å². The first-order valence-electron chi connectivity index (χ1n) is 6.51. The zero-order valence-corrected chi connectivity index (χ0v) is 11.0. The van der Waals surface area contributed by atoms with Gasteiger partial charge in [-0.05, 0) is 32.0 Å². The molecule has 0 amide bonds. The van der Waals surface area contributed by atoms with Crippen molar-refractivity contribution < 1.29 is 0 Å². The molecule has 4 nitrogen and oxygen atoms in total. The van der Waals surface area contributed by atoms with Crippen molar-refractivity contribution in [2.45, 2.75) is 32.9 Å². The third-order valence-electron chi connectivity index (χ3n) is 2.89. The Balaban J connectivity index is 2.24. The molecule has 2 aromatic heterocycles. The summed E-state index contributed by atoms with van der Waals surface area (Å²) in [5, 5.41) is 7.86. The third-order valence-corrected chi connectivity index (χ3v) is 2.89. The molecule has 0 radical (unpaired) electrons.